The lowest BCUT2D eigenvalue weighted by Gasteiger charge is -2.10. The van der Waals surface area contributed by atoms with Crippen LogP contribution >= 0.6 is 0 Å². The van der Waals surface area contributed by atoms with Gasteiger partial charge >= 0.3 is 0 Å². The maximum absolute atomic E-state index is 6.14. The van der Waals surface area contributed by atoms with Crippen LogP contribution in [0.25, 0.3) is 0 Å². The minimum absolute atomic E-state index is 0.0317. The van der Waals surface area contributed by atoms with Gasteiger partial charge < -0.3 is 10.5 Å². The van der Waals surface area contributed by atoms with E-state index in [2.05, 4.69) is 11.2 Å². The van der Waals surface area contributed by atoms with E-state index in [4.69, 9.17) is 10.5 Å². The third kappa shape index (κ3) is 2.85. The molecule has 0 aliphatic heterocycles. The first-order valence-corrected chi connectivity index (χ1v) is 5.56. The summed E-state index contributed by atoms with van der Waals surface area (Å²) >= 11 is 0. The summed E-state index contributed by atoms with van der Waals surface area (Å²) < 4.78 is 6.95. The average molecular weight is 231 g/mol. The van der Waals surface area contributed by atoms with Gasteiger partial charge in [-0.2, -0.15) is 5.10 Å². The first-order valence-electron chi connectivity index (χ1n) is 5.56. The fourth-order valence-corrected chi connectivity index (χ4v) is 1.80. The number of hydrogen-bond acceptors (Lipinski definition) is 3. The minimum Gasteiger partial charge on any atom is -0.497 e. The molecule has 0 spiro atoms. The second kappa shape index (κ2) is 5.01. The van der Waals surface area contributed by atoms with Crippen LogP contribution in [0.15, 0.2) is 36.7 Å². The Morgan fingerprint density at radius 1 is 1.47 bits per heavy atom. The first kappa shape index (κ1) is 11.7. The molecule has 4 heteroatoms. The highest BCUT2D eigenvalue weighted by molar-refractivity contribution is 5.29. The van der Waals surface area contributed by atoms with Gasteiger partial charge in [-0.3, -0.25) is 4.68 Å². The van der Waals surface area contributed by atoms with Gasteiger partial charge in [0.15, 0.2) is 0 Å². The van der Waals surface area contributed by atoms with Gasteiger partial charge in [-0.15, -0.1) is 0 Å². The molecule has 0 bridgehead atoms. The number of methoxy groups -OCH3 is 1. The van der Waals surface area contributed by atoms with Gasteiger partial charge in [0, 0.05) is 24.8 Å². The summed E-state index contributed by atoms with van der Waals surface area (Å²) in [6, 6.07) is 7.94. The van der Waals surface area contributed by atoms with Crippen molar-refractivity contribution in [3.8, 4) is 5.75 Å². The Morgan fingerprint density at radius 3 is 2.94 bits per heavy atom. The SMILES string of the molecule is COc1cccc(CC(N)c2cnn(C)c2)c1. The van der Waals surface area contributed by atoms with Gasteiger partial charge in [-0.1, -0.05) is 12.1 Å². The zero-order chi connectivity index (χ0) is 12.3. The highest BCUT2D eigenvalue weighted by Gasteiger charge is 2.09. The van der Waals surface area contributed by atoms with Crippen LogP contribution < -0.4 is 10.5 Å². The van der Waals surface area contributed by atoms with E-state index in [1.807, 2.05) is 37.6 Å². The maximum atomic E-state index is 6.14. The third-order valence-electron chi connectivity index (χ3n) is 2.74. The van der Waals surface area contributed by atoms with Crippen molar-refractivity contribution in [2.45, 2.75) is 12.5 Å². The van der Waals surface area contributed by atoms with Gasteiger partial charge in [0.1, 0.15) is 5.75 Å². The molecule has 0 saturated carbocycles. The van der Waals surface area contributed by atoms with E-state index in [1.165, 1.54) is 5.56 Å². The molecule has 0 saturated heterocycles. The summed E-state index contributed by atoms with van der Waals surface area (Å²) in [7, 11) is 3.56. The molecular formula is C13H17N3O. The van der Waals surface area contributed by atoms with Crippen molar-refractivity contribution < 1.29 is 4.74 Å². The van der Waals surface area contributed by atoms with Gasteiger partial charge in [0.2, 0.25) is 0 Å². The summed E-state index contributed by atoms with van der Waals surface area (Å²) in [5.41, 5.74) is 8.36. The lowest BCUT2D eigenvalue weighted by molar-refractivity contribution is 0.414. The minimum atomic E-state index is -0.0317. The van der Waals surface area contributed by atoms with E-state index in [-0.39, 0.29) is 6.04 Å². The number of aromatic nitrogens is 2. The molecule has 0 amide bonds. The summed E-state index contributed by atoms with van der Waals surface area (Å²) in [5.74, 6) is 0.862. The number of benzene rings is 1. The Morgan fingerprint density at radius 2 is 2.29 bits per heavy atom. The van der Waals surface area contributed by atoms with Crippen molar-refractivity contribution in [1.29, 1.82) is 0 Å². The molecule has 2 N–H and O–H groups in total. The molecule has 1 heterocycles. The Bertz CT molecular complexity index is 493. The third-order valence-corrected chi connectivity index (χ3v) is 2.74. The van der Waals surface area contributed by atoms with Crippen LogP contribution in [0.5, 0.6) is 5.75 Å². The summed E-state index contributed by atoms with van der Waals surface area (Å²) in [6.45, 7) is 0. The molecule has 90 valence electrons. The molecule has 0 aliphatic rings. The summed E-state index contributed by atoms with van der Waals surface area (Å²) in [6.07, 6.45) is 4.54. The highest BCUT2D eigenvalue weighted by Crippen LogP contribution is 2.18. The molecule has 1 aromatic heterocycles. The predicted molar refractivity (Wildman–Crippen MR) is 66.8 cm³/mol. The summed E-state index contributed by atoms with van der Waals surface area (Å²) in [5, 5.41) is 4.13. The lowest BCUT2D eigenvalue weighted by atomic mass is 10.0. The zero-order valence-electron chi connectivity index (χ0n) is 10.1. The average Bonchev–Trinajstić information content (AvgIpc) is 2.76. The van der Waals surface area contributed by atoms with Crippen molar-refractivity contribution in [1.82, 2.24) is 9.78 Å². The van der Waals surface area contributed by atoms with Crippen LogP contribution in [0.4, 0.5) is 0 Å². The Labute approximate surface area is 101 Å². The smallest absolute Gasteiger partial charge is 0.119 e. The number of rotatable bonds is 4. The van der Waals surface area contributed by atoms with Gasteiger partial charge in [-0.05, 0) is 24.1 Å². The molecule has 2 aromatic rings. The Balaban J connectivity index is 2.09. The van der Waals surface area contributed by atoms with Crippen LogP contribution in [0.3, 0.4) is 0 Å². The van der Waals surface area contributed by atoms with Crippen molar-refractivity contribution >= 4 is 0 Å². The highest BCUT2D eigenvalue weighted by atomic mass is 16.5. The zero-order valence-corrected chi connectivity index (χ0v) is 10.1. The van der Waals surface area contributed by atoms with E-state index in [9.17, 15) is 0 Å². The van der Waals surface area contributed by atoms with Crippen molar-refractivity contribution in [2.24, 2.45) is 12.8 Å². The molecule has 2 rings (SSSR count). The van der Waals surface area contributed by atoms with E-state index in [0.29, 0.717) is 0 Å². The Hall–Kier alpha value is -1.81. The van der Waals surface area contributed by atoms with Crippen LogP contribution in [0.1, 0.15) is 17.2 Å². The molecular weight excluding hydrogens is 214 g/mol. The van der Waals surface area contributed by atoms with Crippen molar-refractivity contribution in [2.75, 3.05) is 7.11 Å². The second-order valence-electron chi connectivity index (χ2n) is 4.11. The van der Waals surface area contributed by atoms with Gasteiger partial charge in [-0.25, -0.2) is 0 Å². The number of nitrogens with zero attached hydrogens (tertiary/aromatic N) is 2. The van der Waals surface area contributed by atoms with E-state index < -0.39 is 0 Å². The quantitative estimate of drug-likeness (QED) is 0.870. The molecule has 1 aromatic carbocycles. The molecule has 0 radical (unpaired) electrons. The van der Waals surface area contributed by atoms with E-state index in [0.717, 1.165) is 17.7 Å². The largest absolute Gasteiger partial charge is 0.497 e. The standard InChI is InChI=1S/C13H17N3O/c1-16-9-11(8-15-16)13(14)7-10-4-3-5-12(6-10)17-2/h3-6,8-9,13H,7,14H2,1-2H3. The number of nitrogens with two attached hydrogens (primary N) is 1. The van der Waals surface area contributed by atoms with Crippen LogP contribution in [0, 0.1) is 0 Å². The Kier molecular flexibility index (Phi) is 3.44. The monoisotopic (exact) mass is 231 g/mol. The molecule has 0 aliphatic carbocycles. The predicted octanol–water partition coefficient (Wildman–Crippen LogP) is 1.67. The normalized spacial score (nSPS) is 12.4. The van der Waals surface area contributed by atoms with Crippen molar-refractivity contribution in [3.63, 3.8) is 0 Å². The molecule has 4 nitrogen and oxygen atoms in total. The fraction of sp³-hybridized carbons (Fsp3) is 0.308. The van der Waals surface area contributed by atoms with Crippen LogP contribution in [-0.4, -0.2) is 16.9 Å². The summed E-state index contributed by atoms with van der Waals surface area (Å²) in [4.78, 5) is 0. The van der Waals surface area contributed by atoms with Crippen molar-refractivity contribution in [3.05, 3.63) is 47.8 Å². The maximum Gasteiger partial charge on any atom is 0.119 e. The molecule has 1 atom stereocenters. The number of aryl methyl sites for hydroxylation is 1. The molecule has 0 fully saturated rings. The topological polar surface area (TPSA) is 53.1 Å². The van der Waals surface area contributed by atoms with Crippen LogP contribution in [0.2, 0.25) is 0 Å². The number of hydrogen-bond donors (Lipinski definition) is 1. The lowest BCUT2D eigenvalue weighted by Crippen LogP contribution is -2.12. The molecule has 17 heavy (non-hydrogen) atoms. The van der Waals surface area contributed by atoms with Crippen LogP contribution in [-0.2, 0) is 13.5 Å². The molecule has 1 unspecified atom stereocenters. The van der Waals surface area contributed by atoms with Gasteiger partial charge in [0.25, 0.3) is 0 Å². The number of ether oxygens (including phenoxy) is 1. The van der Waals surface area contributed by atoms with Gasteiger partial charge in [0.05, 0.1) is 13.3 Å². The van der Waals surface area contributed by atoms with E-state index in [1.54, 1.807) is 11.8 Å². The fourth-order valence-electron chi connectivity index (χ4n) is 1.80. The van der Waals surface area contributed by atoms with E-state index >= 15 is 0 Å². The second-order valence-corrected chi connectivity index (χ2v) is 4.11. The first-order chi connectivity index (χ1) is 8.19.